The standard InChI is InChI=1S/C19H18FNO2/c20-17-10-7-14(8-11-17)6-9-16-12-18(22)21(19(16)23)13-15-4-2-1-3-5-15/h1-5,7-8,10-11,16H,6,9,12-13H2/t16-/m1/s1. The molecule has 0 aromatic heterocycles. The lowest BCUT2D eigenvalue weighted by Gasteiger charge is -2.15. The zero-order chi connectivity index (χ0) is 16.2. The highest BCUT2D eigenvalue weighted by Crippen LogP contribution is 2.26. The molecular formula is C19H18FNO2. The molecule has 0 unspecified atom stereocenters. The third kappa shape index (κ3) is 3.65. The van der Waals surface area contributed by atoms with Gasteiger partial charge >= 0.3 is 0 Å². The van der Waals surface area contributed by atoms with Crippen molar-refractivity contribution >= 4 is 11.8 Å². The second-order valence-electron chi connectivity index (χ2n) is 5.87. The number of imide groups is 1. The number of carbonyl (C=O) groups is 2. The first-order valence-corrected chi connectivity index (χ1v) is 7.76. The maximum Gasteiger partial charge on any atom is 0.233 e. The van der Waals surface area contributed by atoms with E-state index in [4.69, 9.17) is 0 Å². The van der Waals surface area contributed by atoms with Crippen LogP contribution < -0.4 is 0 Å². The molecule has 23 heavy (non-hydrogen) atoms. The highest BCUT2D eigenvalue weighted by Gasteiger charge is 2.37. The molecule has 2 aromatic carbocycles. The fourth-order valence-electron chi connectivity index (χ4n) is 2.90. The molecule has 1 saturated heterocycles. The van der Waals surface area contributed by atoms with E-state index >= 15 is 0 Å². The zero-order valence-electron chi connectivity index (χ0n) is 12.7. The topological polar surface area (TPSA) is 37.4 Å². The van der Waals surface area contributed by atoms with E-state index in [1.807, 2.05) is 30.3 Å². The van der Waals surface area contributed by atoms with Gasteiger partial charge < -0.3 is 0 Å². The third-order valence-corrected chi connectivity index (χ3v) is 4.22. The van der Waals surface area contributed by atoms with E-state index in [1.54, 1.807) is 12.1 Å². The van der Waals surface area contributed by atoms with Crippen molar-refractivity contribution in [1.29, 1.82) is 0 Å². The van der Waals surface area contributed by atoms with Crippen LogP contribution in [-0.4, -0.2) is 16.7 Å². The molecule has 1 heterocycles. The number of nitrogens with zero attached hydrogens (tertiary/aromatic N) is 1. The molecule has 3 nitrogen and oxygen atoms in total. The summed E-state index contributed by atoms with van der Waals surface area (Å²) in [5.41, 5.74) is 1.93. The molecule has 0 bridgehead atoms. The quantitative estimate of drug-likeness (QED) is 0.794. The molecule has 0 aliphatic carbocycles. The van der Waals surface area contributed by atoms with Crippen LogP contribution in [0.3, 0.4) is 0 Å². The van der Waals surface area contributed by atoms with Crippen LogP contribution in [0.2, 0.25) is 0 Å². The molecule has 1 atom stereocenters. The third-order valence-electron chi connectivity index (χ3n) is 4.22. The van der Waals surface area contributed by atoms with Crippen LogP contribution in [0, 0.1) is 11.7 Å². The number of halogens is 1. The Bertz CT molecular complexity index is 697. The number of likely N-dealkylation sites (tertiary alicyclic amines) is 1. The van der Waals surface area contributed by atoms with Crippen LogP contribution in [0.25, 0.3) is 0 Å². The van der Waals surface area contributed by atoms with Gasteiger partial charge in [0, 0.05) is 12.3 Å². The van der Waals surface area contributed by atoms with Gasteiger partial charge in [0.25, 0.3) is 0 Å². The number of amides is 2. The molecule has 2 aromatic rings. The van der Waals surface area contributed by atoms with Crippen molar-refractivity contribution < 1.29 is 14.0 Å². The Balaban J connectivity index is 1.60. The van der Waals surface area contributed by atoms with Crippen molar-refractivity contribution in [2.45, 2.75) is 25.8 Å². The van der Waals surface area contributed by atoms with Gasteiger partial charge in [0.05, 0.1) is 6.54 Å². The Hall–Kier alpha value is -2.49. The van der Waals surface area contributed by atoms with Gasteiger partial charge in [-0.05, 0) is 36.1 Å². The number of benzene rings is 2. The Labute approximate surface area is 134 Å². The summed E-state index contributed by atoms with van der Waals surface area (Å²) in [6.07, 6.45) is 1.55. The first-order chi connectivity index (χ1) is 11.1. The zero-order valence-corrected chi connectivity index (χ0v) is 12.7. The number of aryl methyl sites for hydroxylation is 1. The van der Waals surface area contributed by atoms with Gasteiger partial charge in [-0.15, -0.1) is 0 Å². The number of hydrogen-bond donors (Lipinski definition) is 0. The number of hydrogen-bond acceptors (Lipinski definition) is 2. The Morgan fingerprint density at radius 3 is 2.35 bits per heavy atom. The van der Waals surface area contributed by atoms with E-state index in [9.17, 15) is 14.0 Å². The largest absolute Gasteiger partial charge is 0.278 e. The van der Waals surface area contributed by atoms with Crippen LogP contribution in [0.5, 0.6) is 0 Å². The van der Waals surface area contributed by atoms with Crippen LogP contribution >= 0.6 is 0 Å². The minimum atomic E-state index is -0.269. The molecule has 1 aliphatic heterocycles. The van der Waals surface area contributed by atoms with E-state index in [0.29, 0.717) is 19.4 Å². The molecule has 0 radical (unpaired) electrons. The average molecular weight is 311 g/mol. The summed E-state index contributed by atoms with van der Waals surface area (Å²) in [6.45, 7) is 0.339. The molecule has 1 aliphatic rings. The Morgan fingerprint density at radius 2 is 1.65 bits per heavy atom. The van der Waals surface area contributed by atoms with E-state index < -0.39 is 0 Å². The normalized spacial score (nSPS) is 17.8. The minimum Gasteiger partial charge on any atom is -0.278 e. The van der Waals surface area contributed by atoms with E-state index in [2.05, 4.69) is 0 Å². The lowest BCUT2D eigenvalue weighted by atomic mass is 9.98. The van der Waals surface area contributed by atoms with E-state index in [-0.39, 0.29) is 30.0 Å². The first-order valence-electron chi connectivity index (χ1n) is 7.76. The van der Waals surface area contributed by atoms with Crippen molar-refractivity contribution in [3.63, 3.8) is 0 Å². The van der Waals surface area contributed by atoms with Crippen molar-refractivity contribution in [2.24, 2.45) is 5.92 Å². The summed E-state index contributed by atoms with van der Waals surface area (Å²) in [5.74, 6) is -0.741. The maximum absolute atomic E-state index is 12.9. The fraction of sp³-hybridized carbons (Fsp3) is 0.263. The number of rotatable bonds is 5. The SMILES string of the molecule is O=C1C[C@@H](CCc2ccc(F)cc2)C(=O)N1Cc1ccccc1. The predicted molar refractivity (Wildman–Crippen MR) is 84.8 cm³/mol. The molecule has 1 fully saturated rings. The molecule has 3 rings (SSSR count). The second kappa shape index (κ2) is 6.73. The fourth-order valence-corrected chi connectivity index (χ4v) is 2.90. The van der Waals surface area contributed by atoms with Gasteiger partial charge in [-0.2, -0.15) is 0 Å². The maximum atomic E-state index is 12.9. The van der Waals surface area contributed by atoms with Crippen LogP contribution in [0.4, 0.5) is 4.39 Å². The van der Waals surface area contributed by atoms with Crippen LogP contribution in [-0.2, 0) is 22.6 Å². The summed E-state index contributed by atoms with van der Waals surface area (Å²) in [7, 11) is 0. The van der Waals surface area contributed by atoms with Gasteiger partial charge in [-0.3, -0.25) is 14.5 Å². The lowest BCUT2D eigenvalue weighted by Crippen LogP contribution is -2.30. The monoisotopic (exact) mass is 311 g/mol. The molecule has 0 spiro atoms. The summed E-state index contributed by atoms with van der Waals surface area (Å²) in [4.78, 5) is 25.9. The summed E-state index contributed by atoms with van der Waals surface area (Å²) in [6, 6.07) is 15.8. The van der Waals surface area contributed by atoms with Crippen LogP contribution in [0.1, 0.15) is 24.0 Å². The van der Waals surface area contributed by atoms with Crippen LogP contribution in [0.15, 0.2) is 54.6 Å². The predicted octanol–water partition coefficient (Wildman–Crippen LogP) is 3.33. The van der Waals surface area contributed by atoms with Gasteiger partial charge in [0.1, 0.15) is 5.82 Å². The Morgan fingerprint density at radius 1 is 0.957 bits per heavy atom. The summed E-state index contributed by atoms with van der Waals surface area (Å²) >= 11 is 0. The van der Waals surface area contributed by atoms with Gasteiger partial charge in [-0.25, -0.2) is 4.39 Å². The molecule has 118 valence electrons. The first kappa shape index (κ1) is 15.4. The number of carbonyl (C=O) groups excluding carboxylic acids is 2. The van der Waals surface area contributed by atoms with Gasteiger partial charge in [0.2, 0.25) is 11.8 Å². The van der Waals surface area contributed by atoms with Gasteiger partial charge in [0.15, 0.2) is 0 Å². The lowest BCUT2D eigenvalue weighted by molar-refractivity contribution is -0.140. The highest BCUT2D eigenvalue weighted by molar-refractivity contribution is 6.03. The van der Waals surface area contributed by atoms with Crippen molar-refractivity contribution in [3.05, 3.63) is 71.5 Å². The minimum absolute atomic E-state index is 0.0963. The smallest absolute Gasteiger partial charge is 0.233 e. The molecule has 0 saturated carbocycles. The summed E-state index contributed by atoms with van der Waals surface area (Å²) in [5, 5.41) is 0. The van der Waals surface area contributed by atoms with Crippen molar-refractivity contribution in [2.75, 3.05) is 0 Å². The van der Waals surface area contributed by atoms with E-state index in [0.717, 1.165) is 11.1 Å². The van der Waals surface area contributed by atoms with Crippen molar-refractivity contribution in [3.8, 4) is 0 Å². The molecule has 0 N–H and O–H groups in total. The molecular weight excluding hydrogens is 293 g/mol. The van der Waals surface area contributed by atoms with Gasteiger partial charge in [-0.1, -0.05) is 42.5 Å². The Kier molecular flexibility index (Phi) is 4.51. The van der Waals surface area contributed by atoms with E-state index in [1.165, 1.54) is 17.0 Å². The average Bonchev–Trinajstić information content (AvgIpc) is 2.83. The molecule has 4 heteroatoms. The highest BCUT2D eigenvalue weighted by atomic mass is 19.1. The molecule has 2 amide bonds. The second-order valence-corrected chi connectivity index (χ2v) is 5.87. The summed E-state index contributed by atoms with van der Waals surface area (Å²) < 4.78 is 12.9. The van der Waals surface area contributed by atoms with Crippen molar-refractivity contribution in [1.82, 2.24) is 4.90 Å².